The Morgan fingerprint density at radius 2 is 1.95 bits per heavy atom. The zero-order valence-corrected chi connectivity index (χ0v) is 14.1. The summed E-state index contributed by atoms with van der Waals surface area (Å²) in [5.74, 6) is 0. The SMILES string of the molecule is CNC1CCN(S(=O)(=O)c2c(Cl)cc(Br)cc2Cl)C1. The number of rotatable bonds is 3. The predicted octanol–water partition coefficient (Wildman–Crippen LogP) is 2.74. The topological polar surface area (TPSA) is 49.4 Å². The molecule has 106 valence electrons. The number of sulfonamides is 1. The van der Waals surface area contributed by atoms with Crippen LogP contribution in [-0.4, -0.2) is 38.9 Å². The van der Waals surface area contributed by atoms with E-state index in [1.54, 1.807) is 0 Å². The molecule has 0 aliphatic carbocycles. The van der Waals surface area contributed by atoms with Crippen molar-refractivity contribution in [2.45, 2.75) is 17.4 Å². The zero-order chi connectivity index (χ0) is 14.2. The van der Waals surface area contributed by atoms with Gasteiger partial charge in [-0.3, -0.25) is 0 Å². The lowest BCUT2D eigenvalue weighted by atomic mass is 10.3. The summed E-state index contributed by atoms with van der Waals surface area (Å²) in [5, 5.41) is 3.34. The molecule has 1 unspecified atom stereocenters. The number of nitrogens with zero attached hydrogens (tertiary/aromatic N) is 1. The molecule has 0 saturated carbocycles. The number of hydrogen-bond donors (Lipinski definition) is 1. The summed E-state index contributed by atoms with van der Waals surface area (Å²) < 4.78 is 27.2. The first-order valence-electron chi connectivity index (χ1n) is 5.68. The Balaban J connectivity index is 2.41. The fourth-order valence-corrected chi connectivity index (χ4v) is 5.47. The van der Waals surface area contributed by atoms with Crippen molar-refractivity contribution in [2.75, 3.05) is 20.1 Å². The van der Waals surface area contributed by atoms with E-state index in [0.717, 1.165) is 6.42 Å². The van der Waals surface area contributed by atoms with Crippen LogP contribution in [0.4, 0.5) is 0 Å². The van der Waals surface area contributed by atoms with Crippen molar-refractivity contribution in [1.82, 2.24) is 9.62 Å². The lowest BCUT2D eigenvalue weighted by molar-refractivity contribution is 0.464. The first kappa shape index (κ1) is 15.5. The summed E-state index contributed by atoms with van der Waals surface area (Å²) in [7, 11) is -1.83. The van der Waals surface area contributed by atoms with Gasteiger partial charge in [0.2, 0.25) is 10.0 Å². The fourth-order valence-electron chi connectivity index (χ4n) is 2.09. The van der Waals surface area contributed by atoms with Crippen molar-refractivity contribution in [1.29, 1.82) is 0 Å². The molecule has 1 aliphatic heterocycles. The Bertz CT molecular complexity index is 571. The molecule has 1 N–H and O–H groups in total. The summed E-state index contributed by atoms with van der Waals surface area (Å²) in [4.78, 5) is -0.0178. The van der Waals surface area contributed by atoms with E-state index in [1.165, 1.54) is 16.4 Å². The van der Waals surface area contributed by atoms with Gasteiger partial charge < -0.3 is 5.32 Å². The van der Waals surface area contributed by atoms with E-state index in [-0.39, 0.29) is 21.0 Å². The molecule has 0 radical (unpaired) electrons. The molecule has 1 aromatic rings. The first-order chi connectivity index (χ1) is 8.86. The van der Waals surface area contributed by atoms with Gasteiger partial charge >= 0.3 is 0 Å². The Hall–Kier alpha value is 0.150. The summed E-state index contributed by atoms with van der Waals surface area (Å²) in [6, 6.07) is 3.24. The van der Waals surface area contributed by atoms with Crippen LogP contribution in [0.3, 0.4) is 0 Å². The van der Waals surface area contributed by atoms with Gasteiger partial charge in [0.25, 0.3) is 0 Å². The zero-order valence-electron chi connectivity index (χ0n) is 10.2. The van der Waals surface area contributed by atoms with Crippen molar-refractivity contribution >= 4 is 49.2 Å². The molecule has 0 amide bonds. The third-order valence-electron chi connectivity index (χ3n) is 3.12. The molecule has 0 spiro atoms. The maximum absolute atomic E-state index is 12.6. The van der Waals surface area contributed by atoms with E-state index in [2.05, 4.69) is 21.2 Å². The standard InChI is InChI=1S/C11H13BrCl2N2O2S/c1-15-8-2-3-16(6-8)19(17,18)11-9(13)4-7(12)5-10(11)14/h4-5,8,15H,2-3,6H2,1H3. The Kier molecular flexibility index (Phi) is 4.80. The van der Waals surface area contributed by atoms with Gasteiger partial charge in [0, 0.05) is 23.6 Å². The minimum atomic E-state index is -3.65. The molecular weight excluding hydrogens is 375 g/mol. The molecule has 1 atom stereocenters. The van der Waals surface area contributed by atoms with Crippen LogP contribution in [0.1, 0.15) is 6.42 Å². The lowest BCUT2D eigenvalue weighted by Gasteiger charge is -2.18. The highest BCUT2D eigenvalue weighted by molar-refractivity contribution is 9.10. The van der Waals surface area contributed by atoms with Crippen LogP contribution in [-0.2, 0) is 10.0 Å². The van der Waals surface area contributed by atoms with Gasteiger partial charge in [0.15, 0.2) is 0 Å². The van der Waals surface area contributed by atoms with Gasteiger partial charge in [-0.2, -0.15) is 4.31 Å². The second kappa shape index (κ2) is 5.87. The Morgan fingerprint density at radius 3 is 2.42 bits per heavy atom. The van der Waals surface area contributed by atoms with Crippen molar-refractivity contribution < 1.29 is 8.42 Å². The highest BCUT2D eigenvalue weighted by atomic mass is 79.9. The van der Waals surface area contributed by atoms with Gasteiger partial charge in [0.05, 0.1) is 10.0 Å². The molecule has 1 heterocycles. The van der Waals surface area contributed by atoms with E-state index in [1.807, 2.05) is 7.05 Å². The molecule has 1 fully saturated rings. The molecule has 1 aromatic carbocycles. The van der Waals surface area contributed by atoms with Gasteiger partial charge in [-0.25, -0.2) is 8.42 Å². The second-order valence-electron chi connectivity index (χ2n) is 4.34. The van der Waals surface area contributed by atoms with Crippen LogP contribution in [0.25, 0.3) is 0 Å². The summed E-state index contributed by atoms with van der Waals surface area (Å²) in [6.45, 7) is 0.901. The van der Waals surface area contributed by atoms with Crippen LogP contribution in [0, 0.1) is 0 Å². The van der Waals surface area contributed by atoms with Crippen molar-refractivity contribution in [3.8, 4) is 0 Å². The van der Waals surface area contributed by atoms with Crippen LogP contribution in [0.15, 0.2) is 21.5 Å². The third kappa shape index (κ3) is 3.09. The van der Waals surface area contributed by atoms with E-state index in [0.29, 0.717) is 17.6 Å². The smallest absolute Gasteiger partial charge is 0.246 e. The highest BCUT2D eigenvalue weighted by Crippen LogP contribution is 2.35. The van der Waals surface area contributed by atoms with Crippen molar-refractivity contribution in [3.05, 3.63) is 26.7 Å². The maximum Gasteiger partial charge on any atom is 0.246 e. The molecule has 1 aliphatic rings. The van der Waals surface area contributed by atoms with Crippen LogP contribution in [0.2, 0.25) is 10.0 Å². The molecule has 1 saturated heterocycles. The summed E-state index contributed by atoms with van der Waals surface area (Å²) in [5.41, 5.74) is 0. The van der Waals surface area contributed by atoms with Gasteiger partial charge in [0.1, 0.15) is 4.90 Å². The van der Waals surface area contributed by atoms with Crippen LogP contribution >= 0.6 is 39.1 Å². The normalized spacial score (nSPS) is 20.9. The van der Waals surface area contributed by atoms with E-state index < -0.39 is 10.0 Å². The summed E-state index contributed by atoms with van der Waals surface area (Å²) in [6.07, 6.45) is 0.779. The summed E-state index contributed by atoms with van der Waals surface area (Å²) >= 11 is 15.3. The van der Waals surface area contributed by atoms with Crippen LogP contribution in [0.5, 0.6) is 0 Å². The molecule has 2 rings (SSSR count). The predicted molar refractivity (Wildman–Crippen MR) is 80.4 cm³/mol. The highest BCUT2D eigenvalue weighted by Gasteiger charge is 2.34. The second-order valence-corrected chi connectivity index (χ2v) is 7.94. The molecule has 8 heteroatoms. The van der Waals surface area contributed by atoms with Gasteiger partial charge in [-0.15, -0.1) is 0 Å². The lowest BCUT2D eigenvalue weighted by Crippen LogP contribution is -2.33. The van der Waals surface area contributed by atoms with E-state index in [4.69, 9.17) is 23.2 Å². The first-order valence-corrected chi connectivity index (χ1v) is 8.67. The minimum absolute atomic E-state index is 0.0178. The number of hydrogen-bond acceptors (Lipinski definition) is 3. The average Bonchev–Trinajstić information content (AvgIpc) is 2.75. The number of halogens is 3. The molecule has 0 bridgehead atoms. The monoisotopic (exact) mass is 386 g/mol. The number of nitrogens with one attached hydrogen (secondary N) is 1. The quantitative estimate of drug-likeness (QED) is 0.867. The van der Waals surface area contributed by atoms with Gasteiger partial charge in [-0.1, -0.05) is 39.1 Å². The largest absolute Gasteiger partial charge is 0.316 e. The van der Waals surface area contributed by atoms with E-state index in [9.17, 15) is 8.42 Å². The molecule has 19 heavy (non-hydrogen) atoms. The Labute approximate surface area is 131 Å². The molecule has 4 nitrogen and oxygen atoms in total. The van der Waals surface area contributed by atoms with Gasteiger partial charge in [-0.05, 0) is 25.6 Å². The van der Waals surface area contributed by atoms with Crippen molar-refractivity contribution in [2.24, 2.45) is 0 Å². The molecule has 0 aromatic heterocycles. The van der Waals surface area contributed by atoms with Crippen molar-refractivity contribution in [3.63, 3.8) is 0 Å². The Morgan fingerprint density at radius 1 is 1.37 bits per heavy atom. The van der Waals surface area contributed by atoms with E-state index >= 15 is 0 Å². The average molecular weight is 388 g/mol. The molecular formula is C11H13BrCl2N2O2S. The maximum atomic E-state index is 12.6. The number of likely N-dealkylation sites (N-methyl/N-ethyl adjacent to an activating group) is 1. The number of benzene rings is 1. The third-order valence-corrected chi connectivity index (χ3v) is 6.37. The fraction of sp³-hybridized carbons (Fsp3) is 0.455. The van der Waals surface area contributed by atoms with Crippen LogP contribution < -0.4 is 5.32 Å². The minimum Gasteiger partial charge on any atom is -0.316 e.